The summed E-state index contributed by atoms with van der Waals surface area (Å²) < 4.78 is 8.05. The van der Waals surface area contributed by atoms with Crippen LogP contribution in [0.4, 0.5) is 0 Å². The monoisotopic (exact) mass is 505 g/mol. The normalized spacial score (nSPS) is 11.5. The van der Waals surface area contributed by atoms with Crippen LogP contribution >= 0.6 is 0 Å². The fourth-order valence-electron chi connectivity index (χ4n) is 4.43. The summed E-state index contributed by atoms with van der Waals surface area (Å²) in [7, 11) is 0. The lowest BCUT2D eigenvalue weighted by Crippen LogP contribution is -2.24. The molecule has 0 atom stereocenters. The Hall–Kier alpha value is -4.78. The average molecular weight is 506 g/mol. The second-order valence-electron chi connectivity index (χ2n) is 10.1. The second-order valence-corrected chi connectivity index (χ2v) is 10.1. The number of aromatic carboxylic acids is 1. The summed E-state index contributed by atoms with van der Waals surface area (Å²) >= 11 is 0. The lowest BCUT2D eigenvalue weighted by atomic mass is 9.96. The van der Waals surface area contributed by atoms with E-state index < -0.39 is 11.6 Å². The van der Waals surface area contributed by atoms with Crippen molar-refractivity contribution in [3.63, 3.8) is 0 Å². The van der Waals surface area contributed by atoms with Gasteiger partial charge in [0.15, 0.2) is 5.78 Å². The summed E-state index contributed by atoms with van der Waals surface area (Å²) in [6, 6.07) is 25.8. The largest absolute Gasteiger partial charge is 0.487 e. The van der Waals surface area contributed by atoms with Crippen LogP contribution in [0.2, 0.25) is 0 Å². The highest BCUT2D eigenvalue weighted by Crippen LogP contribution is 2.37. The van der Waals surface area contributed by atoms with Crippen LogP contribution in [0.1, 0.15) is 52.6 Å². The number of carboxylic acids is 1. The molecule has 0 saturated carbocycles. The fraction of sp³-hybridized carbons (Fsp3) is 0.161. The molecule has 0 radical (unpaired) electrons. The first kappa shape index (κ1) is 24.9. The van der Waals surface area contributed by atoms with E-state index in [0.29, 0.717) is 33.5 Å². The van der Waals surface area contributed by atoms with Crippen molar-refractivity contribution in [1.29, 1.82) is 0 Å². The first-order valence-electron chi connectivity index (χ1n) is 12.2. The molecule has 7 nitrogen and oxygen atoms in total. The van der Waals surface area contributed by atoms with Crippen molar-refractivity contribution in [1.82, 2.24) is 15.0 Å². The van der Waals surface area contributed by atoms with Crippen LogP contribution in [-0.4, -0.2) is 37.5 Å². The van der Waals surface area contributed by atoms with Crippen LogP contribution in [-0.2, 0) is 0 Å². The minimum Gasteiger partial charge on any atom is -0.487 e. The molecule has 4 aromatic carbocycles. The molecule has 0 aliphatic carbocycles. The van der Waals surface area contributed by atoms with E-state index in [1.54, 1.807) is 41.9 Å². The summed E-state index contributed by atoms with van der Waals surface area (Å²) in [6.07, 6.45) is 0. The second kappa shape index (κ2) is 9.59. The molecule has 190 valence electrons. The summed E-state index contributed by atoms with van der Waals surface area (Å²) in [5.74, 6) is -0.567. The number of carbonyl (C=O) groups excluding carboxylic acids is 1. The van der Waals surface area contributed by atoms with E-state index in [1.807, 2.05) is 75.4 Å². The number of hydrogen-bond acceptors (Lipinski definition) is 5. The maximum absolute atomic E-state index is 13.4. The third kappa shape index (κ3) is 4.66. The predicted molar refractivity (Wildman–Crippen MR) is 146 cm³/mol. The van der Waals surface area contributed by atoms with E-state index in [4.69, 9.17) is 4.74 Å². The number of ether oxygens (including phenoxy) is 1. The molecule has 0 unspecified atom stereocenters. The highest BCUT2D eigenvalue weighted by molar-refractivity contribution is 6.11. The summed E-state index contributed by atoms with van der Waals surface area (Å²) in [4.78, 5) is 24.9. The van der Waals surface area contributed by atoms with Crippen LogP contribution in [0.3, 0.4) is 0 Å². The van der Waals surface area contributed by atoms with Gasteiger partial charge in [-0.3, -0.25) is 4.79 Å². The molecule has 0 aliphatic rings. The van der Waals surface area contributed by atoms with Crippen LogP contribution in [0, 0.1) is 6.92 Å². The Morgan fingerprint density at radius 1 is 0.842 bits per heavy atom. The van der Waals surface area contributed by atoms with Crippen molar-refractivity contribution in [2.24, 2.45) is 0 Å². The molecule has 0 bridgehead atoms. The van der Waals surface area contributed by atoms with Gasteiger partial charge in [-0.2, -0.15) is 0 Å². The van der Waals surface area contributed by atoms with Crippen molar-refractivity contribution in [2.45, 2.75) is 33.3 Å². The zero-order valence-electron chi connectivity index (χ0n) is 21.6. The molecule has 0 aliphatic heterocycles. The number of rotatable bonds is 6. The van der Waals surface area contributed by atoms with Gasteiger partial charge in [-0.05, 0) is 69.2 Å². The van der Waals surface area contributed by atoms with Gasteiger partial charge < -0.3 is 9.84 Å². The molecule has 0 saturated heterocycles. The lowest BCUT2D eigenvalue weighted by molar-refractivity contribution is 0.0696. The topological polar surface area (TPSA) is 94.3 Å². The Labute approximate surface area is 220 Å². The van der Waals surface area contributed by atoms with Gasteiger partial charge in [-0.15, -0.1) is 5.10 Å². The molecular formula is C31H27N3O4. The minimum absolute atomic E-state index is 0.103. The Balaban J connectivity index is 1.57. The Kier molecular flexibility index (Phi) is 6.28. The maximum Gasteiger partial charge on any atom is 0.336 e. The third-order valence-corrected chi connectivity index (χ3v) is 6.23. The van der Waals surface area contributed by atoms with Gasteiger partial charge >= 0.3 is 5.97 Å². The predicted octanol–water partition coefficient (Wildman–Crippen LogP) is 6.50. The number of hydrogen-bond donors (Lipinski definition) is 1. The molecule has 5 aromatic rings. The Bertz CT molecular complexity index is 1660. The van der Waals surface area contributed by atoms with E-state index in [9.17, 15) is 14.7 Å². The van der Waals surface area contributed by atoms with Crippen LogP contribution in [0.25, 0.3) is 27.8 Å². The molecule has 0 fully saturated rings. The molecule has 1 N–H and O–H groups in total. The fourth-order valence-corrected chi connectivity index (χ4v) is 4.43. The van der Waals surface area contributed by atoms with Crippen LogP contribution in [0.5, 0.6) is 5.75 Å². The maximum atomic E-state index is 13.4. The van der Waals surface area contributed by atoms with Crippen molar-refractivity contribution >= 4 is 22.8 Å². The zero-order valence-corrected chi connectivity index (χ0v) is 21.6. The van der Waals surface area contributed by atoms with E-state index in [0.717, 1.165) is 16.8 Å². The van der Waals surface area contributed by atoms with Gasteiger partial charge in [0.05, 0.1) is 22.3 Å². The van der Waals surface area contributed by atoms with Crippen molar-refractivity contribution in [2.75, 3.05) is 0 Å². The van der Waals surface area contributed by atoms with Crippen molar-refractivity contribution in [3.05, 3.63) is 107 Å². The van der Waals surface area contributed by atoms with Crippen LogP contribution in [0.15, 0.2) is 84.9 Å². The SMILES string of the molecule is Cc1c(C(=O)O)ccc2c1nnn2-c1ccc(-c2cccc(C(=O)c3ccccc3)c2OC(C)(C)C)cc1. The summed E-state index contributed by atoms with van der Waals surface area (Å²) in [5.41, 5.74) is 5.07. The van der Waals surface area contributed by atoms with E-state index in [1.165, 1.54) is 0 Å². The number of carbonyl (C=O) groups is 2. The summed E-state index contributed by atoms with van der Waals surface area (Å²) in [5, 5.41) is 17.9. The van der Waals surface area contributed by atoms with E-state index in [2.05, 4.69) is 10.3 Å². The number of nitrogens with zero attached hydrogens (tertiary/aromatic N) is 3. The van der Waals surface area contributed by atoms with E-state index >= 15 is 0 Å². The molecule has 5 rings (SSSR count). The molecule has 38 heavy (non-hydrogen) atoms. The smallest absolute Gasteiger partial charge is 0.336 e. The third-order valence-electron chi connectivity index (χ3n) is 6.23. The van der Waals surface area contributed by atoms with E-state index in [-0.39, 0.29) is 11.3 Å². The van der Waals surface area contributed by atoms with Crippen molar-refractivity contribution < 1.29 is 19.4 Å². The molecule has 1 heterocycles. The number of ketones is 1. The molecular weight excluding hydrogens is 478 g/mol. The zero-order chi connectivity index (χ0) is 27.0. The number of carboxylic acid groups (broad SMARTS) is 1. The quantitative estimate of drug-likeness (QED) is 0.265. The van der Waals surface area contributed by atoms with Gasteiger partial charge in [-0.1, -0.05) is 59.8 Å². The first-order chi connectivity index (χ1) is 18.1. The van der Waals surface area contributed by atoms with Crippen LogP contribution < -0.4 is 4.74 Å². The number of aryl methyl sites for hydroxylation is 1. The van der Waals surface area contributed by atoms with Gasteiger partial charge in [0.1, 0.15) is 16.9 Å². The highest BCUT2D eigenvalue weighted by atomic mass is 16.5. The minimum atomic E-state index is -0.996. The Morgan fingerprint density at radius 3 is 2.21 bits per heavy atom. The van der Waals surface area contributed by atoms with Gasteiger partial charge in [0.2, 0.25) is 0 Å². The molecule has 0 amide bonds. The molecule has 7 heteroatoms. The Morgan fingerprint density at radius 2 is 1.55 bits per heavy atom. The standard InChI is InChI=1S/C31H27N3O4/c1-19-23(30(36)37)17-18-26-27(19)32-33-34(26)22-15-13-20(14-16-22)24-11-8-12-25(29(24)38-31(2,3)4)28(35)21-9-6-5-7-10-21/h5-18H,1-4H3,(H,36,37). The van der Waals surface area contributed by atoms with Gasteiger partial charge in [-0.25, -0.2) is 9.48 Å². The number of aromatic nitrogens is 3. The molecule has 1 aromatic heterocycles. The number of benzene rings is 4. The van der Waals surface area contributed by atoms with Crippen molar-refractivity contribution in [3.8, 4) is 22.6 Å². The van der Waals surface area contributed by atoms with Gasteiger partial charge in [0, 0.05) is 11.1 Å². The average Bonchev–Trinajstić information content (AvgIpc) is 3.33. The number of para-hydroxylation sites is 1. The summed E-state index contributed by atoms with van der Waals surface area (Å²) in [6.45, 7) is 7.60. The highest BCUT2D eigenvalue weighted by Gasteiger charge is 2.23. The first-order valence-corrected chi connectivity index (χ1v) is 12.2. The number of fused-ring (bicyclic) bond motifs is 1. The molecule has 0 spiro atoms. The lowest BCUT2D eigenvalue weighted by Gasteiger charge is -2.25. The van der Waals surface area contributed by atoms with Gasteiger partial charge in [0.25, 0.3) is 0 Å².